The van der Waals surface area contributed by atoms with E-state index in [0.717, 1.165) is 0 Å². The highest BCUT2D eigenvalue weighted by Crippen LogP contribution is 2.14. The molecule has 1 N–H and O–H groups in total. The number of hydrogen-bond acceptors (Lipinski definition) is 3. The minimum atomic E-state index is -1.60. The second kappa shape index (κ2) is 5.42. The maximum Gasteiger partial charge on any atom is 0.262 e. The number of aliphatic hydroxyl groups excluding tert-OH is 1. The number of aliphatic hydroxyl groups is 1. The van der Waals surface area contributed by atoms with Crippen LogP contribution in [0.15, 0.2) is 54.6 Å². The van der Waals surface area contributed by atoms with Crippen molar-refractivity contribution >= 4 is 5.78 Å². The highest BCUT2D eigenvalue weighted by atomic mass is 19.1. The smallest absolute Gasteiger partial charge is 0.262 e. The zero-order chi connectivity index (χ0) is 13.0. The fourth-order valence-corrected chi connectivity index (χ4v) is 1.44. The zero-order valence-electron chi connectivity index (χ0n) is 9.42. The molecule has 0 aliphatic heterocycles. The molecule has 1 atom stereocenters. The lowest BCUT2D eigenvalue weighted by Crippen LogP contribution is -2.26. The van der Waals surface area contributed by atoms with Crippen molar-refractivity contribution in [3.63, 3.8) is 0 Å². The summed E-state index contributed by atoms with van der Waals surface area (Å²) in [4.78, 5) is 11.8. The number of ether oxygens (including phenoxy) is 1. The lowest BCUT2D eigenvalue weighted by Gasteiger charge is -2.12. The van der Waals surface area contributed by atoms with Crippen molar-refractivity contribution in [2.24, 2.45) is 0 Å². The summed E-state index contributed by atoms with van der Waals surface area (Å²) >= 11 is 0. The summed E-state index contributed by atoms with van der Waals surface area (Å²) in [6, 6.07) is 13.4. The Morgan fingerprint density at radius 1 is 1.06 bits per heavy atom. The molecule has 4 heteroatoms. The zero-order valence-corrected chi connectivity index (χ0v) is 9.42. The average Bonchev–Trinajstić information content (AvgIpc) is 2.41. The van der Waals surface area contributed by atoms with Crippen LogP contribution in [0.3, 0.4) is 0 Å². The summed E-state index contributed by atoms with van der Waals surface area (Å²) in [5, 5.41) is 9.63. The van der Waals surface area contributed by atoms with E-state index >= 15 is 0 Å². The Bertz CT molecular complexity index is 522. The maximum absolute atomic E-state index is 12.7. The van der Waals surface area contributed by atoms with Crippen molar-refractivity contribution in [3.05, 3.63) is 66.0 Å². The predicted molar refractivity (Wildman–Crippen MR) is 63.8 cm³/mol. The number of Topliss-reactive ketones (excluding diaryl/α,β-unsaturated/α-hetero) is 1. The summed E-state index contributed by atoms with van der Waals surface area (Å²) < 4.78 is 17.7. The van der Waals surface area contributed by atoms with Gasteiger partial charge in [-0.1, -0.05) is 30.3 Å². The normalized spacial score (nSPS) is 11.9. The molecule has 2 aromatic rings. The first-order chi connectivity index (χ1) is 8.66. The molecule has 0 spiro atoms. The highest BCUT2D eigenvalue weighted by Gasteiger charge is 2.18. The van der Waals surface area contributed by atoms with Gasteiger partial charge in [0, 0.05) is 5.56 Å². The largest absolute Gasteiger partial charge is 0.457 e. The minimum absolute atomic E-state index is 0.230. The van der Waals surface area contributed by atoms with Crippen LogP contribution in [0.5, 0.6) is 5.75 Å². The van der Waals surface area contributed by atoms with E-state index in [0.29, 0.717) is 5.56 Å². The third-order valence-electron chi connectivity index (χ3n) is 2.34. The Hall–Kier alpha value is -2.20. The fourth-order valence-electron chi connectivity index (χ4n) is 1.44. The Morgan fingerprint density at radius 2 is 1.67 bits per heavy atom. The first kappa shape index (κ1) is 12.3. The molecule has 0 aromatic heterocycles. The monoisotopic (exact) mass is 246 g/mol. The molecule has 0 heterocycles. The topological polar surface area (TPSA) is 46.5 Å². The molecule has 0 fully saturated rings. The molecule has 0 aliphatic rings. The molecule has 2 aromatic carbocycles. The van der Waals surface area contributed by atoms with Gasteiger partial charge in [0.25, 0.3) is 6.29 Å². The number of hydrogen-bond donors (Lipinski definition) is 1. The molecule has 0 saturated heterocycles. The summed E-state index contributed by atoms with van der Waals surface area (Å²) in [6.45, 7) is 0. The van der Waals surface area contributed by atoms with Gasteiger partial charge in [-0.05, 0) is 24.3 Å². The number of benzene rings is 2. The molecular formula is C14H11FO3. The Balaban J connectivity index is 2.06. The highest BCUT2D eigenvalue weighted by molar-refractivity contribution is 5.98. The first-order valence-corrected chi connectivity index (χ1v) is 5.36. The molecular weight excluding hydrogens is 235 g/mol. The van der Waals surface area contributed by atoms with Crippen molar-refractivity contribution in [1.29, 1.82) is 0 Å². The van der Waals surface area contributed by atoms with Crippen molar-refractivity contribution in [2.75, 3.05) is 0 Å². The van der Waals surface area contributed by atoms with E-state index in [1.807, 2.05) is 0 Å². The minimum Gasteiger partial charge on any atom is -0.457 e. The average molecular weight is 246 g/mol. The molecule has 2 rings (SSSR count). The molecule has 1 unspecified atom stereocenters. The third kappa shape index (κ3) is 2.93. The fraction of sp³-hybridized carbons (Fsp3) is 0.0714. The van der Waals surface area contributed by atoms with E-state index in [4.69, 9.17) is 4.74 Å². The number of carbonyl (C=O) groups is 1. The lowest BCUT2D eigenvalue weighted by atomic mass is 10.1. The summed E-state index contributed by atoms with van der Waals surface area (Å²) in [5.74, 6) is -0.723. The Labute approximate surface area is 103 Å². The van der Waals surface area contributed by atoms with Gasteiger partial charge in [-0.3, -0.25) is 4.79 Å². The predicted octanol–water partition coefficient (Wildman–Crippen LogP) is 2.41. The second-order valence-corrected chi connectivity index (χ2v) is 3.65. The Morgan fingerprint density at radius 3 is 2.28 bits per heavy atom. The molecule has 0 saturated carbocycles. The van der Waals surface area contributed by atoms with Crippen molar-refractivity contribution in [3.8, 4) is 5.75 Å². The van der Waals surface area contributed by atoms with Crippen LogP contribution in [0.25, 0.3) is 0 Å². The summed E-state index contributed by atoms with van der Waals surface area (Å²) in [6.07, 6.45) is -1.60. The van der Waals surface area contributed by atoms with Gasteiger partial charge in [0.15, 0.2) is 0 Å². The van der Waals surface area contributed by atoms with Crippen molar-refractivity contribution < 1.29 is 19.0 Å². The van der Waals surface area contributed by atoms with Gasteiger partial charge in [-0.25, -0.2) is 4.39 Å². The number of rotatable bonds is 4. The standard InChI is InChI=1S/C14H11FO3/c15-11-6-8-12(9-7-11)18-14(17)13(16)10-4-2-1-3-5-10/h1-9,14,17H. The van der Waals surface area contributed by atoms with Gasteiger partial charge in [0.2, 0.25) is 5.78 Å². The van der Waals surface area contributed by atoms with Crippen LogP contribution in [-0.2, 0) is 0 Å². The molecule has 0 aliphatic carbocycles. The molecule has 0 bridgehead atoms. The van der Waals surface area contributed by atoms with Crippen molar-refractivity contribution in [1.82, 2.24) is 0 Å². The van der Waals surface area contributed by atoms with Crippen LogP contribution in [0.1, 0.15) is 10.4 Å². The first-order valence-electron chi connectivity index (χ1n) is 5.36. The Kier molecular flexibility index (Phi) is 3.69. The summed E-state index contributed by atoms with van der Waals surface area (Å²) in [7, 11) is 0. The molecule has 0 amide bonds. The van der Waals surface area contributed by atoms with E-state index in [2.05, 4.69) is 0 Å². The molecule has 0 radical (unpaired) electrons. The lowest BCUT2D eigenvalue weighted by molar-refractivity contribution is -0.00297. The maximum atomic E-state index is 12.7. The van der Waals surface area contributed by atoms with Crippen LogP contribution in [0.2, 0.25) is 0 Å². The van der Waals surface area contributed by atoms with Gasteiger partial charge in [-0.15, -0.1) is 0 Å². The van der Waals surface area contributed by atoms with Crippen LogP contribution in [0, 0.1) is 5.82 Å². The summed E-state index contributed by atoms with van der Waals surface area (Å²) in [5.41, 5.74) is 0.354. The quantitative estimate of drug-likeness (QED) is 0.665. The van der Waals surface area contributed by atoms with Gasteiger partial charge in [0.05, 0.1) is 0 Å². The van der Waals surface area contributed by atoms with Gasteiger partial charge >= 0.3 is 0 Å². The SMILES string of the molecule is O=C(c1ccccc1)C(O)Oc1ccc(F)cc1. The van der Waals surface area contributed by atoms with E-state index in [-0.39, 0.29) is 5.75 Å². The van der Waals surface area contributed by atoms with Crippen LogP contribution >= 0.6 is 0 Å². The van der Waals surface area contributed by atoms with Gasteiger partial charge in [-0.2, -0.15) is 0 Å². The third-order valence-corrected chi connectivity index (χ3v) is 2.34. The van der Waals surface area contributed by atoms with Crippen LogP contribution in [-0.4, -0.2) is 17.2 Å². The number of ketones is 1. The molecule has 3 nitrogen and oxygen atoms in total. The van der Waals surface area contributed by atoms with Gasteiger partial charge in [0.1, 0.15) is 11.6 Å². The van der Waals surface area contributed by atoms with Gasteiger partial charge < -0.3 is 9.84 Å². The van der Waals surface area contributed by atoms with Crippen molar-refractivity contribution in [2.45, 2.75) is 6.29 Å². The van der Waals surface area contributed by atoms with E-state index < -0.39 is 17.9 Å². The van der Waals surface area contributed by atoms with Crippen LogP contribution in [0.4, 0.5) is 4.39 Å². The second-order valence-electron chi connectivity index (χ2n) is 3.65. The molecule has 92 valence electrons. The van der Waals surface area contributed by atoms with Crippen LogP contribution < -0.4 is 4.74 Å². The number of carbonyl (C=O) groups excluding carboxylic acids is 1. The number of halogens is 1. The van der Waals surface area contributed by atoms with E-state index in [9.17, 15) is 14.3 Å². The van der Waals surface area contributed by atoms with E-state index in [1.54, 1.807) is 30.3 Å². The van der Waals surface area contributed by atoms with E-state index in [1.165, 1.54) is 24.3 Å². The molecule has 18 heavy (non-hydrogen) atoms.